The van der Waals surface area contributed by atoms with E-state index in [2.05, 4.69) is 6.92 Å². The van der Waals surface area contributed by atoms with Gasteiger partial charge in [0.15, 0.2) is 0 Å². The maximum Gasteiger partial charge on any atom is 0.133 e. The van der Waals surface area contributed by atoms with Crippen molar-refractivity contribution in [3.05, 3.63) is 42.5 Å². The van der Waals surface area contributed by atoms with Crippen molar-refractivity contribution in [3.8, 4) is 17.2 Å². The van der Waals surface area contributed by atoms with E-state index in [0.717, 1.165) is 23.6 Å². The monoisotopic (exact) mass is 286 g/mol. The Kier molecular flexibility index (Phi) is 4.93. The van der Waals surface area contributed by atoms with E-state index in [-0.39, 0.29) is 0 Å². The first kappa shape index (κ1) is 15.0. The Bertz CT molecular complexity index is 597. The lowest BCUT2D eigenvalue weighted by molar-refractivity contribution is 0.316. The summed E-state index contributed by atoms with van der Waals surface area (Å²) >= 11 is 0. The summed E-state index contributed by atoms with van der Waals surface area (Å²) in [6, 6.07) is 13.3. The molecule has 2 aromatic rings. The molecule has 2 aromatic carbocycles. The molecule has 0 unspecified atom stereocenters. The number of hydrogen-bond donors (Lipinski definition) is 1. The quantitative estimate of drug-likeness (QED) is 0.818. The molecule has 0 aromatic heterocycles. The minimum absolute atomic E-state index is 0.627. The molecule has 2 N–H and O–H groups in total. The molecule has 0 heterocycles. The van der Waals surface area contributed by atoms with Crippen LogP contribution in [-0.2, 0) is 0 Å². The van der Waals surface area contributed by atoms with Crippen molar-refractivity contribution in [1.29, 1.82) is 0 Å². The molecule has 4 heteroatoms. The third kappa shape index (κ3) is 4.31. The Hall–Kier alpha value is -2.36. The van der Waals surface area contributed by atoms with Crippen molar-refractivity contribution in [2.24, 2.45) is 0 Å². The van der Waals surface area contributed by atoms with Crippen LogP contribution in [0.25, 0.3) is 0 Å². The summed E-state index contributed by atoms with van der Waals surface area (Å²) in [5, 5.41) is 0. The first-order chi connectivity index (χ1) is 10.1. The number of nitrogens with zero attached hydrogens (tertiary/aromatic N) is 1. The number of hydrogen-bond acceptors (Lipinski definition) is 4. The molecule has 0 fully saturated rings. The van der Waals surface area contributed by atoms with Crippen LogP contribution in [0.5, 0.6) is 17.2 Å². The predicted octanol–water partition coefficient (Wildman–Crippen LogP) is 3.92. The van der Waals surface area contributed by atoms with Gasteiger partial charge in [0.05, 0.1) is 6.61 Å². The van der Waals surface area contributed by atoms with Gasteiger partial charge in [0.2, 0.25) is 0 Å². The molecule has 0 saturated heterocycles. The van der Waals surface area contributed by atoms with Gasteiger partial charge in [-0.15, -0.1) is 0 Å². The van der Waals surface area contributed by atoms with Crippen LogP contribution in [0.2, 0.25) is 0 Å². The second kappa shape index (κ2) is 6.88. The van der Waals surface area contributed by atoms with E-state index in [0.29, 0.717) is 18.0 Å². The molecule has 0 amide bonds. The fourth-order valence-electron chi connectivity index (χ4n) is 1.92. The normalized spacial score (nSPS) is 10.2. The zero-order chi connectivity index (χ0) is 15.2. The summed E-state index contributed by atoms with van der Waals surface area (Å²) < 4.78 is 11.5. The van der Waals surface area contributed by atoms with Crippen LogP contribution in [0.4, 0.5) is 11.4 Å². The molecule has 4 nitrogen and oxygen atoms in total. The van der Waals surface area contributed by atoms with Crippen molar-refractivity contribution in [2.45, 2.75) is 13.3 Å². The molecular weight excluding hydrogens is 264 g/mol. The molecule has 0 saturated carbocycles. The van der Waals surface area contributed by atoms with Gasteiger partial charge in [0, 0.05) is 49.7 Å². The van der Waals surface area contributed by atoms with Gasteiger partial charge in [-0.1, -0.05) is 13.0 Å². The third-order valence-electron chi connectivity index (χ3n) is 2.94. The van der Waals surface area contributed by atoms with Gasteiger partial charge in [-0.3, -0.25) is 0 Å². The van der Waals surface area contributed by atoms with Crippen molar-refractivity contribution in [3.63, 3.8) is 0 Å². The van der Waals surface area contributed by atoms with E-state index in [1.165, 1.54) is 0 Å². The topological polar surface area (TPSA) is 47.7 Å². The molecule has 0 atom stereocenters. The Labute approximate surface area is 126 Å². The predicted molar refractivity (Wildman–Crippen MR) is 87.5 cm³/mol. The van der Waals surface area contributed by atoms with Gasteiger partial charge in [-0.25, -0.2) is 0 Å². The average Bonchev–Trinajstić information content (AvgIpc) is 2.45. The molecule has 112 valence electrons. The summed E-state index contributed by atoms with van der Waals surface area (Å²) in [4.78, 5) is 2.03. The fraction of sp³-hybridized carbons (Fsp3) is 0.294. The van der Waals surface area contributed by atoms with Crippen LogP contribution in [0, 0.1) is 0 Å². The molecule has 2 rings (SSSR count). The Morgan fingerprint density at radius 2 is 1.76 bits per heavy atom. The lowest BCUT2D eigenvalue weighted by Gasteiger charge is -2.14. The fourth-order valence-corrected chi connectivity index (χ4v) is 1.92. The second-order valence-electron chi connectivity index (χ2n) is 5.08. The van der Waals surface area contributed by atoms with Crippen LogP contribution in [0.15, 0.2) is 42.5 Å². The van der Waals surface area contributed by atoms with Gasteiger partial charge < -0.3 is 20.1 Å². The Morgan fingerprint density at radius 3 is 2.48 bits per heavy atom. The number of ether oxygens (including phenoxy) is 2. The Balaban J connectivity index is 2.18. The third-order valence-corrected chi connectivity index (χ3v) is 2.94. The molecule has 0 aliphatic rings. The van der Waals surface area contributed by atoms with E-state index in [1.807, 2.05) is 49.3 Å². The number of rotatable bonds is 6. The van der Waals surface area contributed by atoms with Gasteiger partial charge >= 0.3 is 0 Å². The molecule has 0 bridgehead atoms. The van der Waals surface area contributed by atoms with Crippen molar-refractivity contribution in [1.82, 2.24) is 0 Å². The van der Waals surface area contributed by atoms with Crippen molar-refractivity contribution in [2.75, 3.05) is 31.3 Å². The highest BCUT2D eigenvalue weighted by molar-refractivity contribution is 5.53. The Morgan fingerprint density at radius 1 is 1.00 bits per heavy atom. The van der Waals surface area contributed by atoms with E-state index in [1.54, 1.807) is 12.1 Å². The van der Waals surface area contributed by atoms with Crippen LogP contribution in [-0.4, -0.2) is 20.7 Å². The van der Waals surface area contributed by atoms with Gasteiger partial charge in [0.1, 0.15) is 17.2 Å². The highest BCUT2D eigenvalue weighted by Crippen LogP contribution is 2.30. The maximum absolute atomic E-state index is 5.89. The average molecular weight is 286 g/mol. The lowest BCUT2D eigenvalue weighted by Crippen LogP contribution is -2.08. The molecule has 0 aliphatic heterocycles. The number of nitrogen functional groups attached to an aromatic ring is 1. The molecule has 0 aliphatic carbocycles. The molecule has 21 heavy (non-hydrogen) atoms. The highest BCUT2D eigenvalue weighted by atomic mass is 16.5. The number of anilines is 2. The first-order valence-corrected chi connectivity index (χ1v) is 7.07. The smallest absolute Gasteiger partial charge is 0.133 e. The van der Waals surface area contributed by atoms with E-state index >= 15 is 0 Å². The summed E-state index contributed by atoms with van der Waals surface area (Å²) in [6.07, 6.45) is 0.954. The second-order valence-corrected chi connectivity index (χ2v) is 5.08. The SMILES string of the molecule is CCCOc1cc(N)cc(Oc2cccc(N(C)C)c2)c1. The largest absolute Gasteiger partial charge is 0.493 e. The van der Waals surface area contributed by atoms with Crippen molar-refractivity contribution < 1.29 is 9.47 Å². The van der Waals surface area contributed by atoms with Gasteiger partial charge in [0.25, 0.3) is 0 Å². The summed E-state index contributed by atoms with van der Waals surface area (Å²) in [5.41, 5.74) is 7.60. The number of nitrogens with two attached hydrogens (primary N) is 1. The lowest BCUT2D eigenvalue weighted by atomic mass is 10.2. The van der Waals surface area contributed by atoms with E-state index in [4.69, 9.17) is 15.2 Å². The first-order valence-electron chi connectivity index (χ1n) is 7.07. The van der Waals surface area contributed by atoms with Crippen LogP contribution < -0.4 is 20.1 Å². The van der Waals surface area contributed by atoms with Crippen molar-refractivity contribution >= 4 is 11.4 Å². The van der Waals surface area contributed by atoms with E-state index < -0.39 is 0 Å². The maximum atomic E-state index is 5.89. The van der Waals surface area contributed by atoms with E-state index in [9.17, 15) is 0 Å². The minimum Gasteiger partial charge on any atom is -0.493 e. The highest BCUT2D eigenvalue weighted by Gasteiger charge is 2.04. The summed E-state index contributed by atoms with van der Waals surface area (Å²) in [6.45, 7) is 2.73. The minimum atomic E-state index is 0.627. The number of benzene rings is 2. The summed E-state index contributed by atoms with van der Waals surface area (Å²) in [5.74, 6) is 2.18. The molecular formula is C17H22N2O2. The molecule has 0 radical (unpaired) electrons. The zero-order valence-corrected chi connectivity index (χ0v) is 12.8. The molecule has 0 spiro atoms. The summed E-state index contributed by atoms with van der Waals surface area (Å²) in [7, 11) is 3.99. The van der Waals surface area contributed by atoms with Crippen LogP contribution in [0.3, 0.4) is 0 Å². The zero-order valence-electron chi connectivity index (χ0n) is 12.8. The van der Waals surface area contributed by atoms with Crippen LogP contribution >= 0.6 is 0 Å². The van der Waals surface area contributed by atoms with Crippen LogP contribution in [0.1, 0.15) is 13.3 Å². The van der Waals surface area contributed by atoms with Gasteiger partial charge in [-0.2, -0.15) is 0 Å². The van der Waals surface area contributed by atoms with Gasteiger partial charge in [-0.05, 0) is 18.6 Å². The standard InChI is InChI=1S/C17H22N2O2/c1-4-8-20-16-9-13(18)10-17(12-16)21-15-7-5-6-14(11-15)19(2)3/h5-7,9-12H,4,8,18H2,1-3H3.